The Morgan fingerprint density at radius 3 is 1.94 bits per heavy atom. The summed E-state index contributed by atoms with van der Waals surface area (Å²) in [5, 5.41) is 1.96. The van der Waals surface area contributed by atoms with Crippen LogP contribution in [0.5, 0.6) is 0 Å². The van der Waals surface area contributed by atoms with Gasteiger partial charge < -0.3 is 15.5 Å². The third kappa shape index (κ3) is 15.5. The molecule has 0 rings (SSSR count). The maximum absolute atomic E-state index is 10.5. The first-order valence-electron chi connectivity index (χ1n) is 4.69. The number of carbonyl (C=O) groups excluding carboxylic acids is 1. The molecule has 5 N–H and O–H groups in total. The first kappa shape index (κ1) is 17.4. The molecule has 0 saturated heterocycles. The Labute approximate surface area is 93.7 Å². The molecule has 16 heavy (non-hydrogen) atoms. The van der Waals surface area contributed by atoms with E-state index >= 15 is 0 Å². The normalized spacial score (nSPS) is 10.3. The summed E-state index contributed by atoms with van der Waals surface area (Å²) in [5.74, 6) is 0.181. The number of rotatable bonds is 5. The number of hydrogen-bond donors (Lipinski definition) is 4. The van der Waals surface area contributed by atoms with Crippen LogP contribution in [0.4, 0.5) is 4.79 Å². The Balaban J connectivity index is 0. The van der Waals surface area contributed by atoms with E-state index in [0.717, 1.165) is 12.8 Å². The SMILES string of the molecule is CCC(CC)CP(=O)(O)O.NC(=O)NN=O. The highest BCUT2D eigenvalue weighted by molar-refractivity contribution is 7.51. The van der Waals surface area contributed by atoms with Crippen LogP contribution in [-0.4, -0.2) is 22.0 Å². The van der Waals surface area contributed by atoms with Gasteiger partial charge in [-0.1, -0.05) is 26.7 Å². The second-order valence-electron chi connectivity index (χ2n) is 3.10. The summed E-state index contributed by atoms with van der Waals surface area (Å²) in [6.45, 7) is 3.90. The van der Waals surface area contributed by atoms with Crippen molar-refractivity contribution in [2.75, 3.05) is 6.16 Å². The van der Waals surface area contributed by atoms with E-state index in [1.165, 1.54) is 5.43 Å². The fourth-order valence-electron chi connectivity index (χ4n) is 0.928. The lowest BCUT2D eigenvalue weighted by Crippen LogP contribution is -2.23. The van der Waals surface area contributed by atoms with Crippen LogP contribution in [-0.2, 0) is 4.57 Å². The predicted molar refractivity (Wildman–Crippen MR) is 59.5 cm³/mol. The van der Waals surface area contributed by atoms with Crippen molar-refractivity contribution in [2.24, 2.45) is 16.9 Å². The van der Waals surface area contributed by atoms with Crippen molar-refractivity contribution in [1.82, 2.24) is 5.43 Å². The molecule has 0 radical (unpaired) electrons. The van der Waals surface area contributed by atoms with Gasteiger partial charge in [-0.05, 0) is 5.92 Å². The van der Waals surface area contributed by atoms with Crippen LogP contribution in [0.2, 0.25) is 0 Å². The number of nitrogens with zero attached hydrogens (tertiary/aromatic N) is 1. The molecule has 0 aromatic carbocycles. The van der Waals surface area contributed by atoms with Gasteiger partial charge in [0.25, 0.3) is 0 Å². The number of hydrogen-bond acceptors (Lipinski definition) is 4. The van der Waals surface area contributed by atoms with Gasteiger partial charge in [-0.25, -0.2) is 4.79 Å². The van der Waals surface area contributed by atoms with Crippen molar-refractivity contribution in [3.05, 3.63) is 4.91 Å². The van der Waals surface area contributed by atoms with Crippen molar-refractivity contribution in [3.63, 3.8) is 0 Å². The maximum Gasteiger partial charge on any atom is 0.335 e. The van der Waals surface area contributed by atoms with Crippen LogP contribution in [0.15, 0.2) is 5.29 Å². The molecular weight excluding hydrogens is 237 g/mol. The number of urea groups is 1. The van der Waals surface area contributed by atoms with Crippen molar-refractivity contribution in [3.8, 4) is 0 Å². The second-order valence-corrected chi connectivity index (χ2v) is 4.79. The van der Waals surface area contributed by atoms with Crippen LogP contribution in [0.1, 0.15) is 26.7 Å². The average Bonchev–Trinajstić information content (AvgIpc) is 2.13. The Kier molecular flexibility index (Phi) is 10.1. The summed E-state index contributed by atoms with van der Waals surface area (Å²) >= 11 is 0. The quantitative estimate of drug-likeness (QED) is 0.328. The molecule has 0 spiro atoms. The van der Waals surface area contributed by atoms with Crippen LogP contribution in [0, 0.1) is 10.8 Å². The molecular formula is C7H18N3O5P. The first-order chi connectivity index (χ1) is 7.26. The molecule has 0 aromatic heterocycles. The molecule has 0 unspecified atom stereocenters. The van der Waals surface area contributed by atoms with Crippen LogP contribution in [0.3, 0.4) is 0 Å². The van der Waals surface area contributed by atoms with E-state index in [2.05, 4.69) is 5.73 Å². The topological polar surface area (TPSA) is 142 Å². The Bertz CT molecular complexity index is 250. The first-order valence-corrected chi connectivity index (χ1v) is 6.48. The molecule has 0 aliphatic heterocycles. The number of amides is 2. The van der Waals surface area contributed by atoms with E-state index in [1.807, 2.05) is 19.1 Å². The molecule has 96 valence electrons. The van der Waals surface area contributed by atoms with E-state index in [1.54, 1.807) is 0 Å². The molecule has 9 heteroatoms. The van der Waals surface area contributed by atoms with Gasteiger partial charge in [0.2, 0.25) is 0 Å². The number of nitrogens with one attached hydrogen (secondary N) is 1. The molecule has 2 amide bonds. The Hall–Kier alpha value is -0.980. The molecule has 0 saturated carbocycles. The minimum Gasteiger partial charge on any atom is -0.350 e. The summed E-state index contributed by atoms with van der Waals surface area (Å²) in [6, 6.07) is -0.940. The Morgan fingerprint density at radius 2 is 1.88 bits per heavy atom. The lowest BCUT2D eigenvalue weighted by Gasteiger charge is -2.12. The van der Waals surface area contributed by atoms with Gasteiger partial charge in [0.1, 0.15) is 0 Å². The monoisotopic (exact) mass is 255 g/mol. The van der Waals surface area contributed by atoms with Gasteiger partial charge >= 0.3 is 13.6 Å². The minimum atomic E-state index is -3.75. The minimum absolute atomic E-state index is 0.0417. The molecule has 0 bridgehead atoms. The van der Waals surface area contributed by atoms with E-state index in [-0.39, 0.29) is 12.1 Å². The fourth-order valence-corrected chi connectivity index (χ4v) is 2.12. The van der Waals surface area contributed by atoms with Gasteiger partial charge in [-0.2, -0.15) is 5.43 Å². The summed E-state index contributed by atoms with van der Waals surface area (Å²) in [5.41, 5.74) is 5.78. The van der Waals surface area contributed by atoms with Crippen molar-refractivity contribution in [2.45, 2.75) is 26.7 Å². The number of carbonyl (C=O) groups is 1. The van der Waals surface area contributed by atoms with Gasteiger partial charge in [-0.3, -0.25) is 4.57 Å². The Morgan fingerprint density at radius 1 is 1.44 bits per heavy atom. The lowest BCUT2D eigenvalue weighted by molar-refractivity contribution is 0.249. The van der Waals surface area contributed by atoms with Crippen molar-refractivity contribution in [1.29, 1.82) is 0 Å². The van der Waals surface area contributed by atoms with E-state index in [0.29, 0.717) is 0 Å². The zero-order valence-corrected chi connectivity index (χ0v) is 10.2. The molecule has 8 nitrogen and oxygen atoms in total. The summed E-state index contributed by atoms with van der Waals surface area (Å²) in [4.78, 5) is 35.5. The highest BCUT2D eigenvalue weighted by Crippen LogP contribution is 2.38. The maximum atomic E-state index is 10.5. The zero-order valence-electron chi connectivity index (χ0n) is 9.29. The van der Waals surface area contributed by atoms with Gasteiger partial charge in [0.05, 0.1) is 11.4 Å². The third-order valence-corrected chi connectivity index (χ3v) is 2.80. The molecule has 0 aliphatic rings. The van der Waals surface area contributed by atoms with E-state index < -0.39 is 13.6 Å². The summed E-state index contributed by atoms with van der Waals surface area (Å²) in [6.07, 6.45) is 1.74. The lowest BCUT2D eigenvalue weighted by atomic mass is 10.1. The van der Waals surface area contributed by atoms with Crippen molar-refractivity contribution < 1.29 is 19.1 Å². The number of primary amides is 1. The zero-order chi connectivity index (χ0) is 13.2. The van der Waals surface area contributed by atoms with Gasteiger partial charge in [0.15, 0.2) is 0 Å². The molecule has 0 atom stereocenters. The highest BCUT2D eigenvalue weighted by Gasteiger charge is 2.18. The summed E-state index contributed by atoms with van der Waals surface area (Å²) < 4.78 is 10.5. The molecule has 0 aliphatic carbocycles. The van der Waals surface area contributed by atoms with Crippen LogP contribution >= 0.6 is 7.60 Å². The average molecular weight is 255 g/mol. The third-order valence-electron chi connectivity index (χ3n) is 1.81. The standard InChI is InChI=1S/C6H15O3P.CH3N3O2/c1-3-6(4-2)5-10(7,8)9;2-1(5)3-4-6/h6H,3-5H2,1-2H3,(H2,7,8,9);(H3,2,3,5,6). The molecule has 0 aromatic rings. The van der Waals surface area contributed by atoms with Gasteiger partial charge in [-0.15, -0.1) is 4.91 Å². The smallest absolute Gasteiger partial charge is 0.335 e. The molecule has 0 heterocycles. The van der Waals surface area contributed by atoms with Crippen molar-refractivity contribution >= 4 is 13.6 Å². The predicted octanol–water partition coefficient (Wildman–Crippen LogP) is 0.936. The number of nitroso groups, excluding NO2 is 1. The fraction of sp³-hybridized carbons (Fsp3) is 0.857. The second kappa shape index (κ2) is 9.26. The summed E-state index contributed by atoms with van der Waals surface area (Å²) in [7, 11) is -3.75. The van der Waals surface area contributed by atoms with E-state index in [9.17, 15) is 9.36 Å². The largest absolute Gasteiger partial charge is 0.350 e. The van der Waals surface area contributed by atoms with Gasteiger partial charge in [0, 0.05) is 0 Å². The molecule has 0 fully saturated rings. The number of nitrogens with two attached hydrogens (primary N) is 1. The highest BCUT2D eigenvalue weighted by atomic mass is 31.2. The van der Waals surface area contributed by atoms with Crippen LogP contribution in [0.25, 0.3) is 0 Å². The van der Waals surface area contributed by atoms with E-state index in [4.69, 9.17) is 14.7 Å². The van der Waals surface area contributed by atoms with Crippen LogP contribution < -0.4 is 11.2 Å².